The minimum Gasteiger partial charge on any atom is -0.369 e. The van der Waals surface area contributed by atoms with Crippen molar-refractivity contribution in [3.63, 3.8) is 0 Å². The first-order valence-corrected chi connectivity index (χ1v) is 7.79. The van der Waals surface area contributed by atoms with Gasteiger partial charge in [0.1, 0.15) is 10.6 Å². The molecule has 0 spiro atoms. The van der Waals surface area contributed by atoms with E-state index in [1.165, 1.54) is 11.1 Å². The summed E-state index contributed by atoms with van der Waals surface area (Å²) in [5.74, 6) is 1.40. The summed E-state index contributed by atoms with van der Waals surface area (Å²) in [5, 5.41) is 6.79. The summed E-state index contributed by atoms with van der Waals surface area (Å²) in [7, 11) is 0. The first-order chi connectivity index (χ1) is 9.81. The van der Waals surface area contributed by atoms with E-state index in [2.05, 4.69) is 39.6 Å². The molecule has 5 heteroatoms. The summed E-state index contributed by atoms with van der Waals surface area (Å²) >= 11 is 7.55. The van der Waals surface area contributed by atoms with Crippen molar-refractivity contribution in [2.45, 2.75) is 12.3 Å². The SMILES string of the molecule is Clc1nc(NCC2Cc3ccccc32)c2ccsc2n1. The molecule has 0 aliphatic heterocycles. The van der Waals surface area contributed by atoms with Gasteiger partial charge in [-0.05, 0) is 40.6 Å². The fraction of sp³-hybridized carbons (Fsp3) is 0.200. The number of fused-ring (bicyclic) bond motifs is 2. The largest absolute Gasteiger partial charge is 0.369 e. The normalized spacial score (nSPS) is 16.8. The zero-order valence-electron chi connectivity index (χ0n) is 10.6. The molecule has 0 fully saturated rings. The Balaban J connectivity index is 1.56. The predicted molar refractivity (Wildman–Crippen MR) is 83.8 cm³/mol. The Morgan fingerprint density at radius 2 is 2.15 bits per heavy atom. The van der Waals surface area contributed by atoms with Gasteiger partial charge in [0.15, 0.2) is 0 Å². The fourth-order valence-corrected chi connectivity index (χ4v) is 3.71. The Morgan fingerprint density at radius 3 is 3.05 bits per heavy atom. The summed E-state index contributed by atoms with van der Waals surface area (Å²) in [4.78, 5) is 9.47. The Hall–Kier alpha value is -1.65. The first kappa shape index (κ1) is 12.1. The van der Waals surface area contributed by atoms with Crippen molar-refractivity contribution in [3.8, 4) is 0 Å². The summed E-state index contributed by atoms with van der Waals surface area (Å²) in [6, 6.07) is 10.6. The second-order valence-corrected chi connectivity index (χ2v) is 6.19. The van der Waals surface area contributed by atoms with Gasteiger partial charge in [0.2, 0.25) is 5.28 Å². The maximum absolute atomic E-state index is 5.97. The molecule has 0 amide bonds. The molecule has 1 aliphatic rings. The van der Waals surface area contributed by atoms with Gasteiger partial charge in [-0.2, -0.15) is 0 Å². The van der Waals surface area contributed by atoms with Crippen LogP contribution in [0.5, 0.6) is 0 Å². The van der Waals surface area contributed by atoms with Gasteiger partial charge in [0.25, 0.3) is 0 Å². The van der Waals surface area contributed by atoms with Crippen LogP contribution in [0.15, 0.2) is 35.7 Å². The smallest absolute Gasteiger partial charge is 0.225 e. The van der Waals surface area contributed by atoms with Gasteiger partial charge in [0.05, 0.1) is 5.39 Å². The third-order valence-electron chi connectivity index (χ3n) is 3.77. The molecule has 3 aromatic rings. The lowest BCUT2D eigenvalue weighted by atomic mass is 9.77. The molecule has 100 valence electrons. The van der Waals surface area contributed by atoms with Crippen LogP contribution in [0.3, 0.4) is 0 Å². The zero-order valence-corrected chi connectivity index (χ0v) is 12.2. The van der Waals surface area contributed by atoms with Crippen molar-refractivity contribution in [2.24, 2.45) is 0 Å². The molecular formula is C15H12ClN3S. The standard InChI is InChI=1S/C15H12ClN3S/c16-15-18-13(12-5-6-20-14(12)19-15)17-8-10-7-9-3-1-2-4-11(9)10/h1-6,10H,7-8H2,(H,17,18,19). The lowest BCUT2D eigenvalue weighted by Gasteiger charge is -2.30. The molecule has 3 nitrogen and oxygen atoms in total. The molecule has 0 saturated carbocycles. The minimum absolute atomic E-state index is 0.302. The van der Waals surface area contributed by atoms with E-state index in [0.717, 1.165) is 29.0 Å². The maximum Gasteiger partial charge on any atom is 0.225 e. The lowest BCUT2D eigenvalue weighted by Crippen LogP contribution is -2.24. The van der Waals surface area contributed by atoms with Crippen LogP contribution in [0.1, 0.15) is 17.0 Å². The Morgan fingerprint density at radius 1 is 1.25 bits per heavy atom. The number of hydrogen-bond acceptors (Lipinski definition) is 4. The van der Waals surface area contributed by atoms with Gasteiger partial charge in [-0.15, -0.1) is 11.3 Å². The van der Waals surface area contributed by atoms with Crippen LogP contribution in [0, 0.1) is 0 Å². The molecule has 1 N–H and O–H groups in total. The number of nitrogens with one attached hydrogen (secondary N) is 1. The molecule has 0 bridgehead atoms. The number of hydrogen-bond donors (Lipinski definition) is 1. The van der Waals surface area contributed by atoms with E-state index in [-0.39, 0.29) is 0 Å². The molecule has 0 saturated heterocycles. The summed E-state index contributed by atoms with van der Waals surface area (Å²) < 4.78 is 0. The van der Waals surface area contributed by atoms with Gasteiger partial charge in [-0.1, -0.05) is 24.3 Å². The number of rotatable bonds is 3. The number of anilines is 1. The monoisotopic (exact) mass is 301 g/mol. The van der Waals surface area contributed by atoms with E-state index < -0.39 is 0 Å². The van der Waals surface area contributed by atoms with Crippen LogP contribution in [-0.4, -0.2) is 16.5 Å². The van der Waals surface area contributed by atoms with Crippen molar-refractivity contribution in [2.75, 3.05) is 11.9 Å². The highest BCUT2D eigenvalue weighted by Gasteiger charge is 2.25. The van der Waals surface area contributed by atoms with Gasteiger partial charge in [-0.3, -0.25) is 0 Å². The highest BCUT2D eigenvalue weighted by molar-refractivity contribution is 7.16. The zero-order chi connectivity index (χ0) is 13.5. The molecule has 2 aromatic heterocycles. The van der Waals surface area contributed by atoms with Crippen LogP contribution in [0.4, 0.5) is 5.82 Å². The summed E-state index contributed by atoms with van der Waals surface area (Å²) in [6.45, 7) is 0.884. The van der Waals surface area contributed by atoms with Crippen LogP contribution in [0.25, 0.3) is 10.2 Å². The first-order valence-electron chi connectivity index (χ1n) is 6.53. The third-order valence-corrected chi connectivity index (χ3v) is 4.75. The quantitative estimate of drug-likeness (QED) is 0.740. The number of halogens is 1. The van der Waals surface area contributed by atoms with Crippen LogP contribution >= 0.6 is 22.9 Å². The van der Waals surface area contributed by atoms with E-state index in [9.17, 15) is 0 Å². The molecule has 1 aliphatic carbocycles. The molecule has 1 atom stereocenters. The average Bonchev–Trinajstić information content (AvgIpc) is 2.87. The Labute approximate surface area is 125 Å². The van der Waals surface area contributed by atoms with Crippen LogP contribution in [0.2, 0.25) is 5.28 Å². The molecular weight excluding hydrogens is 290 g/mol. The predicted octanol–water partition coefficient (Wildman–Crippen LogP) is 4.10. The van der Waals surface area contributed by atoms with Gasteiger partial charge in [0, 0.05) is 12.5 Å². The van der Waals surface area contributed by atoms with Crippen LogP contribution in [-0.2, 0) is 6.42 Å². The van der Waals surface area contributed by atoms with Gasteiger partial charge in [-0.25, -0.2) is 9.97 Å². The maximum atomic E-state index is 5.97. The second-order valence-electron chi connectivity index (χ2n) is 4.96. The van der Waals surface area contributed by atoms with Crippen molar-refractivity contribution in [1.82, 2.24) is 9.97 Å². The highest BCUT2D eigenvalue weighted by atomic mass is 35.5. The van der Waals surface area contributed by atoms with E-state index in [1.807, 2.05) is 11.4 Å². The Bertz CT molecular complexity index is 784. The molecule has 20 heavy (non-hydrogen) atoms. The summed E-state index contributed by atoms with van der Waals surface area (Å²) in [5.41, 5.74) is 2.91. The van der Waals surface area contributed by atoms with E-state index >= 15 is 0 Å². The topological polar surface area (TPSA) is 37.8 Å². The van der Waals surface area contributed by atoms with E-state index in [4.69, 9.17) is 11.6 Å². The third kappa shape index (κ3) is 1.96. The number of thiophene rings is 1. The molecule has 1 aromatic carbocycles. The number of aromatic nitrogens is 2. The fourth-order valence-electron chi connectivity index (χ4n) is 2.73. The Kier molecular flexibility index (Phi) is 2.86. The molecule has 2 heterocycles. The van der Waals surface area contributed by atoms with Crippen molar-refractivity contribution in [1.29, 1.82) is 0 Å². The van der Waals surface area contributed by atoms with Crippen LogP contribution < -0.4 is 5.32 Å². The van der Waals surface area contributed by atoms with Crippen molar-refractivity contribution >= 4 is 39.0 Å². The van der Waals surface area contributed by atoms with Gasteiger partial charge < -0.3 is 5.32 Å². The second kappa shape index (κ2) is 4.72. The molecule has 1 unspecified atom stereocenters. The van der Waals surface area contributed by atoms with Crippen molar-refractivity contribution in [3.05, 3.63) is 52.1 Å². The van der Waals surface area contributed by atoms with Crippen molar-refractivity contribution < 1.29 is 0 Å². The van der Waals surface area contributed by atoms with E-state index in [1.54, 1.807) is 11.3 Å². The van der Waals surface area contributed by atoms with Gasteiger partial charge >= 0.3 is 0 Å². The highest BCUT2D eigenvalue weighted by Crippen LogP contribution is 2.35. The molecule has 4 rings (SSSR count). The summed E-state index contributed by atoms with van der Waals surface area (Å²) in [6.07, 6.45) is 1.13. The molecule has 0 radical (unpaired) electrons. The minimum atomic E-state index is 0.302. The van der Waals surface area contributed by atoms with E-state index in [0.29, 0.717) is 11.2 Å². The number of benzene rings is 1. The average molecular weight is 302 g/mol. The number of nitrogens with zero attached hydrogens (tertiary/aromatic N) is 2. The lowest BCUT2D eigenvalue weighted by molar-refractivity contribution is 0.635.